The zero-order valence-electron chi connectivity index (χ0n) is 11.7. The first-order valence-corrected chi connectivity index (χ1v) is 7.54. The maximum Gasteiger partial charge on any atom is 0.303 e. The molecule has 0 bridgehead atoms. The van der Waals surface area contributed by atoms with Crippen molar-refractivity contribution in [3.05, 3.63) is 0 Å². The van der Waals surface area contributed by atoms with Crippen LogP contribution >= 0.6 is 0 Å². The van der Waals surface area contributed by atoms with Crippen LogP contribution in [0.1, 0.15) is 58.3 Å². The second-order valence-corrected chi connectivity index (χ2v) is 6.59. The minimum atomic E-state index is -0.609. The topological polar surface area (TPSA) is 40.5 Å². The van der Waals surface area contributed by atoms with E-state index in [1.165, 1.54) is 45.2 Å². The van der Waals surface area contributed by atoms with Gasteiger partial charge in [0.25, 0.3) is 0 Å². The van der Waals surface area contributed by atoms with Gasteiger partial charge in [-0.1, -0.05) is 26.2 Å². The van der Waals surface area contributed by atoms with Crippen molar-refractivity contribution in [2.24, 2.45) is 11.3 Å². The van der Waals surface area contributed by atoms with E-state index >= 15 is 0 Å². The summed E-state index contributed by atoms with van der Waals surface area (Å²) in [6.07, 6.45) is 8.90. The van der Waals surface area contributed by atoms with E-state index in [-0.39, 0.29) is 5.41 Å². The van der Waals surface area contributed by atoms with Crippen LogP contribution in [0.4, 0.5) is 0 Å². The van der Waals surface area contributed by atoms with E-state index in [1.807, 2.05) is 0 Å². The van der Waals surface area contributed by atoms with Crippen LogP contribution in [-0.4, -0.2) is 35.6 Å². The Labute approximate surface area is 111 Å². The Hall–Kier alpha value is -0.570. The highest BCUT2D eigenvalue weighted by Gasteiger charge is 2.36. The molecule has 0 amide bonds. The molecule has 104 valence electrons. The number of nitrogens with zero attached hydrogens (tertiary/aromatic N) is 1. The van der Waals surface area contributed by atoms with E-state index < -0.39 is 5.97 Å². The van der Waals surface area contributed by atoms with Gasteiger partial charge in [0.1, 0.15) is 0 Å². The smallest absolute Gasteiger partial charge is 0.303 e. The van der Waals surface area contributed by atoms with Crippen LogP contribution in [0.3, 0.4) is 0 Å². The predicted molar refractivity (Wildman–Crippen MR) is 72.6 cm³/mol. The molecule has 1 N–H and O–H groups in total. The Bertz CT molecular complexity index is 276. The van der Waals surface area contributed by atoms with Crippen molar-refractivity contribution in [2.45, 2.75) is 58.3 Å². The first-order valence-electron chi connectivity index (χ1n) is 7.54. The zero-order valence-corrected chi connectivity index (χ0v) is 11.7. The molecule has 3 heteroatoms. The van der Waals surface area contributed by atoms with E-state index in [0.29, 0.717) is 6.42 Å². The molecule has 0 radical (unpaired) electrons. The fraction of sp³-hybridized carbons (Fsp3) is 0.933. The molecular weight excluding hydrogens is 226 g/mol. The van der Waals surface area contributed by atoms with Crippen LogP contribution < -0.4 is 0 Å². The van der Waals surface area contributed by atoms with Crippen molar-refractivity contribution in [1.29, 1.82) is 0 Å². The number of likely N-dealkylation sites (tertiary alicyclic amines) is 1. The summed E-state index contributed by atoms with van der Waals surface area (Å²) in [7, 11) is 0. The number of carboxylic acids is 1. The van der Waals surface area contributed by atoms with E-state index in [9.17, 15) is 9.90 Å². The van der Waals surface area contributed by atoms with Crippen molar-refractivity contribution in [1.82, 2.24) is 4.90 Å². The number of rotatable bonds is 4. The lowest BCUT2D eigenvalue weighted by atomic mass is 9.71. The van der Waals surface area contributed by atoms with Gasteiger partial charge >= 0.3 is 5.97 Å². The number of piperidine rings is 1. The molecule has 2 aliphatic rings. The van der Waals surface area contributed by atoms with Crippen LogP contribution in [0, 0.1) is 11.3 Å². The van der Waals surface area contributed by atoms with Gasteiger partial charge in [0.05, 0.1) is 6.42 Å². The van der Waals surface area contributed by atoms with Crippen LogP contribution in [0.15, 0.2) is 0 Å². The van der Waals surface area contributed by atoms with E-state index in [2.05, 4.69) is 11.8 Å². The summed E-state index contributed by atoms with van der Waals surface area (Å²) in [4.78, 5) is 13.7. The van der Waals surface area contributed by atoms with Crippen molar-refractivity contribution in [3.8, 4) is 0 Å². The van der Waals surface area contributed by atoms with Gasteiger partial charge in [-0.05, 0) is 50.1 Å². The Balaban J connectivity index is 1.94. The summed E-state index contributed by atoms with van der Waals surface area (Å²) in [6.45, 7) is 5.68. The van der Waals surface area contributed by atoms with E-state index in [0.717, 1.165) is 25.3 Å². The molecule has 0 aromatic rings. The maximum atomic E-state index is 11.1. The highest BCUT2D eigenvalue weighted by atomic mass is 16.4. The van der Waals surface area contributed by atoms with Gasteiger partial charge in [-0.2, -0.15) is 0 Å². The lowest BCUT2D eigenvalue weighted by Crippen LogP contribution is -2.43. The summed E-state index contributed by atoms with van der Waals surface area (Å²) in [5.74, 6) is 0.241. The highest BCUT2D eigenvalue weighted by Crippen LogP contribution is 2.40. The number of hydrogen-bond donors (Lipinski definition) is 1. The second-order valence-electron chi connectivity index (χ2n) is 6.59. The van der Waals surface area contributed by atoms with Crippen LogP contribution in [0.5, 0.6) is 0 Å². The molecular formula is C15H27NO2. The number of aliphatic carboxylic acids is 1. The maximum absolute atomic E-state index is 11.1. The number of hydrogen-bond acceptors (Lipinski definition) is 2. The molecule has 1 saturated heterocycles. The summed E-state index contributed by atoms with van der Waals surface area (Å²) >= 11 is 0. The fourth-order valence-corrected chi connectivity index (χ4v) is 3.71. The molecule has 2 fully saturated rings. The molecule has 1 aliphatic carbocycles. The number of carboxylic acid groups (broad SMARTS) is 1. The summed E-state index contributed by atoms with van der Waals surface area (Å²) in [5, 5.41) is 9.18. The third kappa shape index (κ3) is 3.71. The van der Waals surface area contributed by atoms with Gasteiger partial charge in [-0.25, -0.2) is 0 Å². The van der Waals surface area contributed by atoms with Crippen molar-refractivity contribution in [3.63, 3.8) is 0 Å². The van der Waals surface area contributed by atoms with Crippen LogP contribution in [-0.2, 0) is 4.79 Å². The predicted octanol–water partition coefficient (Wildman–Crippen LogP) is 3.14. The Morgan fingerprint density at radius 1 is 1.22 bits per heavy atom. The minimum Gasteiger partial charge on any atom is -0.481 e. The van der Waals surface area contributed by atoms with Gasteiger partial charge in [0.15, 0.2) is 0 Å². The second kappa shape index (κ2) is 6.05. The average molecular weight is 253 g/mol. The first-order chi connectivity index (χ1) is 8.60. The number of carbonyl (C=O) groups is 1. The summed E-state index contributed by atoms with van der Waals surface area (Å²) < 4.78 is 0. The third-order valence-electron chi connectivity index (χ3n) is 4.88. The lowest BCUT2D eigenvalue weighted by Gasteiger charge is -2.42. The quantitative estimate of drug-likeness (QED) is 0.836. The SMILES string of the molecule is CC1CCN(CC2(CC(=O)O)CCCCC2)CC1. The molecule has 0 unspecified atom stereocenters. The van der Waals surface area contributed by atoms with Gasteiger partial charge in [0, 0.05) is 6.54 Å². The monoisotopic (exact) mass is 253 g/mol. The molecule has 1 aliphatic heterocycles. The minimum absolute atomic E-state index is 0.0741. The molecule has 0 aromatic carbocycles. The largest absolute Gasteiger partial charge is 0.481 e. The lowest BCUT2D eigenvalue weighted by molar-refractivity contribution is -0.140. The average Bonchev–Trinajstić information content (AvgIpc) is 2.32. The standard InChI is InChI=1S/C15H27NO2/c1-13-5-9-16(10-6-13)12-15(11-14(17)18)7-3-2-4-8-15/h13H,2-12H2,1H3,(H,17,18). The van der Waals surface area contributed by atoms with Gasteiger partial charge in [0.2, 0.25) is 0 Å². The first kappa shape index (κ1) is 13.9. The van der Waals surface area contributed by atoms with Crippen LogP contribution in [0.2, 0.25) is 0 Å². The Kier molecular flexibility index (Phi) is 4.66. The van der Waals surface area contributed by atoms with Crippen molar-refractivity contribution in [2.75, 3.05) is 19.6 Å². The molecule has 3 nitrogen and oxygen atoms in total. The zero-order chi connectivity index (χ0) is 13.0. The summed E-state index contributed by atoms with van der Waals surface area (Å²) in [5.41, 5.74) is 0.0741. The molecule has 18 heavy (non-hydrogen) atoms. The van der Waals surface area contributed by atoms with Crippen molar-refractivity contribution >= 4 is 5.97 Å². The van der Waals surface area contributed by atoms with E-state index in [1.54, 1.807) is 0 Å². The normalized spacial score (nSPS) is 26.1. The molecule has 0 atom stereocenters. The molecule has 0 aromatic heterocycles. The third-order valence-corrected chi connectivity index (χ3v) is 4.88. The molecule has 1 saturated carbocycles. The molecule has 0 spiro atoms. The Morgan fingerprint density at radius 2 is 1.83 bits per heavy atom. The molecule has 2 rings (SSSR count). The van der Waals surface area contributed by atoms with Gasteiger partial charge in [-0.3, -0.25) is 4.79 Å². The molecule has 1 heterocycles. The van der Waals surface area contributed by atoms with Gasteiger partial charge in [-0.15, -0.1) is 0 Å². The highest BCUT2D eigenvalue weighted by molar-refractivity contribution is 5.67. The fourth-order valence-electron chi connectivity index (χ4n) is 3.71. The van der Waals surface area contributed by atoms with Crippen LogP contribution in [0.25, 0.3) is 0 Å². The Morgan fingerprint density at radius 3 is 2.39 bits per heavy atom. The van der Waals surface area contributed by atoms with Gasteiger partial charge < -0.3 is 10.0 Å². The van der Waals surface area contributed by atoms with E-state index in [4.69, 9.17) is 0 Å². The van der Waals surface area contributed by atoms with Crippen molar-refractivity contribution < 1.29 is 9.90 Å². The summed E-state index contributed by atoms with van der Waals surface area (Å²) in [6, 6.07) is 0.